The third-order valence-corrected chi connectivity index (χ3v) is 4.50. The Hall–Kier alpha value is -2.20. The Bertz CT molecular complexity index is 792. The van der Waals surface area contributed by atoms with E-state index >= 15 is 0 Å². The molecule has 0 N–H and O–H groups in total. The zero-order valence-corrected chi connectivity index (χ0v) is 12.8. The average Bonchev–Trinajstić information content (AvgIpc) is 2.99. The summed E-state index contributed by atoms with van der Waals surface area (Å²) < 4.78 is 2.07. The maximum atomic E-state index is 4.92. The number of fused-ring (bicyclic) bond motifs is 1. The lowest BCUT2D eigenvalue weighted by atomic mass is 9.95. The van der Waals surface area contributed by atoms with E-state index in [-0.39, 0.29) is 0 Å². The highest BCUT2D eigenvalue weighted by molar-refractivity contribution is 5.76. The van der Waals surface area contributed by atoms with Gasteiger partial charge >= 0.3 is 0 Å². The van der Waals surface area contributed by atoms with E-state index in [9.17, 15) is 0 Å². The minimum atomic E-state index is 0.536. The van der Waals surface area contributed by atoms with Crippen LogP contribution in [0.25, 0.3) is 16.9 Å². The molecule has 4 heteroatoms. The molecular formula is C18H20N4. The topological polar surface area (TPSA) is 34.0 Å². The molecule has 0 radical (unpaired) electrons. The zero-order valence-electron chi connectivity index (χ0n) is 12.8. The van der Waals surface area contributed by atoms with Gasteiger partial charge in [0.2, 0.25) is 0 Å². The van der Waals surface area contributed by atoms with Gasteiger partial charge in [-0.1, -0.05) is 18.2 Å². The van der Waals surface area contributed by atoms with E-state index < -0.39 is 0 Å². The van der Waals surface area contributed by atoms with Gasteiger partial charge < -0.3 is 4.90 Å². The van der Waals surface area contributed by atoms with Crippen molar-refractivity contribution in [3.8, 4) is 5.82 Å². The van der Waals surface area contributed by atoms with Crippen molar-refractivity contribution in [2.45, 2.75) is 18.8 Å². The number of nitrogens with zero attached hydrogens (tertiary/aromatic N) is 4. The molecule has 1 aromatic carbocycles. The second-order valence-corrected chi connectivity index (χ2v) is 6.13. The molecular weight excluding hydrogens is 272 g/mol. The van der Waals surface area contributed by atoms with Crippen LogP contribution in [-0.2, 0) is 0 Å². The number of hydrogen-bond donors (Lipinski definition) is 0. The fourth-order valence-corrected chi connectivity index (χ4v) is 3.35. The van der Waals surface area contributed by atoms with Crippen molar-refractivity contribution in [3.05, 3.63) is 54.5 Å². The number of imidazole rings is 1. The Morgan fingerprint density at radius 2 is 2.00 bits per heavy atom. The van der Waals surface area contributed by atoms with Gasteiger partial charge in [0.25, 0.3) is 0 Å². The number of aromatic nitrogens is 3. The molecule has 1 atom stereocenters. The Kier molecular flexibility index (Phi) is 3.39. The molecule has 1 aliphatic heterocycles. The fraction of sp³-hybridized carbons (Fsp3) is 0.333. The molecule has 2 aromatic heterocycles. The molecule has 1 saturated heterocycles. The van der Waals surface area contributed by atoms with Crippen LogP contribution in [0.4, 0.5) is 0 Å². The highest BCUT2D eigenvalue weighted by Gasteiger charge is 2.20. The van der Waals surface area contributed by atoms with Crippen LogP contribution in [0.2, 0.25) is 0 Å². The lowest BCUT2D eigenvalue weighted by molar-refractivity contribution is 0.248. The van der Waals surface area contributed by atoms with Crippen molar-refractivity contribution in [2.24, 2.45) is 0 Å². The van der Waals surface area contributed by atoms with Crippen molar-refractivity contribution >= 4 is 11.0 Å². The molecule has 1 aliphatic rings. The molecule has 0 amide bonds. The number of benzene rings is 1. The maximum Gasteiger partial charge on any atom is 0.138 e. The van der Waals surface area contributed by atoms with Gasteiger partial charge in [0.05, 0.1) is 11.0 Å². The van der Waals surface area contributed by atoms with E-state index in [0.29, 0.717) is 5.92 Å². The molecule has 0 bridgehead atoms. The van der Waals surface area contributed by atoms with Crippen LogP contribution in [0.15, 0.2) is 48.8 Å². The lowest BCUT2D eigenvalue weighted by Gasteiger charge is -2.29. The number of para-hydroxylation sites is 2. The van der Waals surface area contributed by atoms with E-state index in [0.717, 1.165) is 23.4 Å². The quantitative estimate of drug-likeness (QED) is 0.727. The van der Waals surface area contributed by atoms with Crippen LogP contribution in [0.1, 0.15) is 24.5 Å². The average molecular weight is 292 g/mol. The van der Waals surface area contributed by atoms with E-state index in [1.807, 2.05) is 24.5 Å². The SMILES string of the molecule is CN1CCCC(c2cccc(-n3cnc4ccccc43)n2)C1. The molecule has 112 valence electrons. The van der Waals surface area contributed by atoms with Crippen LogP contribution in [0, 0.1) is 0 Å². The predicted molar refractivity (Wildman–Crippen MR) is 88.3 cm³/mol. The van der Waals surface area contributed by atoms with E-state index in [4.69, 9.17) is 4.98 Å². The number of likely N-dealkylation sites (tertiary alicyclic amines) is 1. The van der Waals surface area contributed by atoms with Gasteiger partial charge in [-0.05, 0) is 50.7 Å². The fourth-order valence-electron chi connectivity index (χ4n) is 3.35. The highest BCUT2D eigenvalue weighted by Crippen LogP contribution is 2.26. The van der Waals surface area contributed by atoms with Crippen molar-refractivity contribution < 1.29 is 0 Å². The predicted octanol–water partition coefficient (Wildman–Crippen LogP) is 3.23. The first kappa shape index (κ1) is 13.5. The minimum absolute atomic E-state index is 0.536. The number of piperidine rings is 1. The normalized spacial score (nSPS) is 19.6. The van der Waals surface area contributed by atoms with Gasteiger partial charge in [-0.2, -0.15) is 0 Å². The molecule has 1 unspecified atom stereocenters. The number of pyridine rings is 1. The Labute approximate surface area is 130 Å². The molecule has 3 heterocycles. The van der Waals surface area contributed by atoms with Crippen LogP contribution >= 0.6 is 0 Å². The van der Waals surface area contributed by atoms with Gasteiger partial charge in [-0.25, -0.2) is 9.97 Å². The largest absolute Gasteiger partial charge is 0.306 e. The molecule has 22 heavy (non-hydrogen) atoms. The monoisotopic (exact) mass is 292 g/mol. The molecule has 3 aromatic rings. The van der Waals surface area contributed by atoms with Crippen molar-refractivity contribution in [2.75, 3.05) is 20.1 Å². The summed E-state index contributed by atoms with van der Waals surface area (Å²) in [7, 11) is 2.19. The summed E-state index contributed by atoms with van der Waals surface area (Å²) in [5.74, 6) is 1.49. The molecule has 1 fully saturated rings. The summed E-state index contributed by atoms with van der Waals surface area (Å²) in [6.45, 7) is 2.30. The van der Waals surface area contributed by atoms with Gasteiger partial charge in [0.15, 0.2) is 0 Å². The van der Waals surface area contributed by atoms with Crippen molar-refractivity contribution in [1.29, 1.82) is 0 Å². The summed E-state index contributed by atoms with van der Waals surface area (Å²) in [5.41, 5.74) is 3.31. The summed E-state index contributed by atoms with van der Waals surface area (Å²) in [4.78, 5) is 11.8. The Morgan fingerprint density at radius 3 is 2.91 bits per heavy atom. The Morgan fingerprint density at radius 1 is 1.09 bits per heavy atom. The summed E-state index contributed by atoms with van der Waals surface area (Å²) in [6, 6.07) is 14.5. The van der Waals surface area contributed by atoms with Crippen molar-refractivity contribution in [1.82, 2.24) is 19.4 Å². The van der Waals surface area contributed by atoms with E-state index in [2.05, 4.69) is 45.8 Å². The summed E-state index contributed by atoms with van der Waals surface area (Å²) in [6.07, 6.45) is 4.34. The second-order valence-electron chi connectivity index (χ2n) is 6.13. The Balaban J connectivity index is 1.72. The van der Waals surface area contributed by atoms with Gasteiger partial charge in [-0.15, -0.1) is 0 Å². The summed E-state index contributed by atoms with van der Waals surface area (Å²) in [5, 5.41) is 0. The van der Waals surface area contributed by atoms with Crippen LogP contribution in [-0.4, -0.2) is 39.6 Å². The number of likely N-dealkylation sites (N-methyl/N-ethyl adjacent to an activating group) is 1. The van der Waals surface area contributed by atoms with E-state index in [1.54, 1.807) is 0 Å². The van der Waals surface area contributed by atoms with Gasteiger partial charge in [-0.3, -0.25) is 4.57 Å². The molecule has 0 aliphatic carbocycles. The first-order valence-corrected chi connectivity index (χ1v) is 7.89. The highest BCUT2D eigenvalue weighted by atomic mass is 15.1. The minimum Gasteiger partial charge on any atom is -0.306 e. The molecule has 0 saturated carbocycles. The van der Waals surface area contributed by atoms with Gasteiger partial charge in [0, 0.05) is 18.2 Å². The van der Waals surface area contributed by atoms with Crippen LogP contribution in [0.3, 0.4) is 0 Å². The molecule has 0 spiro atoms. The van der Waals surface area contributed by atoms with Gasteiger partial charge in [0.1, 0.15) is 12.1 Å². The molecule has 4 nitrogen and oxygen atoms in total. The first-order valence-electron chi connectivity index (χ1n) is 7.89. The second kappa shape index (κ2) is 5.54. The number of rotatable bonds is 2. The van der Waals surface area contributed by atoms with Crippen molar-refractivity contribution in [3.63, 3.8) is 0 Å². The third-order valence-electron chi connectivity index (χ3n) is 4.50. The zero-order chi connectivity index (χ0) is 14.9. The lowest BCUT2D eigenvalue weighted by Crippen LogP contribution is -2.31. The maximum absolute atomic E-state index is 4.92. The standard InChI is InChI=1S/C18H20N4/c1-21-11-5-6-14(12-21)15-8-4-10-18(20-15)22-13-19-16-7-2-3-9-17(16)22/h2-4,7-10,13-14H,5-6,11-12H2,1H3. The molecule has 4 rings (SSSR count). The summed E-state index contributed by atoms with van der Waals surface area (Å²) >= 11 is 0. The van der Waals surface area contributed by atoms with Crippen LogP contribution in [0.5, 0.6) is 0 Å². The van der Waals surface area contributed by atoms with Crippen LogP contribution < -0.4 is 0 Å². The third kappa shape index (κ3) is 2.40. The smallest absolute Gasteiger partial charge is 0.138 e. The first-order chi connectivity index (χ1) is 10.8. The number of hydrogen-bond acceptors (Lipinski definition) is 3. The van der Waals surface area contributed by atoms with E-state index in [1.165, 1.54) is 25.1 Å².